The minimum absolute atomic E-state index is 0.216. The molecule has 1 fully saturated rings. The van der Waals surface area contributed by atoms with Gasteiger partial charge in [-0.2, -0.15) is 0 Å². The van der Waals surface area contributed by atoms with Gasteiger partial charge in [-0.25, -0.2) is 0 Å². The third-order valence-electron chi connectivity index (χ3n) is 4.30. The minimum atomic E-state index is 0.216. The second kappa shape index (κ2) is 7.30. The summed E-state index contributed by atoms with van der Waals surface area (Å²) in [5.74, 6) is 2.79. The van der Waals surface area contributed by atoms with E-state index >= 15 is 0 Å². The zero-order valence-corrected chi connectivity index (χ0v) is 14.5. The number of ether oxygens (including phenoxy) is 2. The highest BCUT2D eigenvalue weighted by atomic mass is 79.9. The van der Waals surface area contributed by atoms with Crippen LogP contribution in [0.5, 0.6) is 11.5 Å². The molecule has 3 unspecified atom stereocenters. The van der Waals surface area contributed by atoms with Gasteiger partial charge >= 0.3 is 0 Å². The summed E-state index contributed by atoms with van der Waals surface area (Å²) >= 11 is 3.50. The average molecular weight is 355 g/mol. The molecule has 116 valence electrons. The molecule has 1 aliphatic rings. The van der Waals surface area contributed by atoms with Gasteiger partial charge < -0.3 is 9.47 Å². The van der Waals surface area contributed by atoms with Crippen molar-refractivity contribution in [3.63, 3.8) is 0 Å². The van der Waals surface area contributed by atoms with E-state index in [1.165, 1.54) is 6.42 Å². The second-order valence-electron chi connectivity index (χ2n) is 5.89. The van der Waals surface area contributed by atoms with Crippen LogP contribution in [0.3, 0.4) is 0 Å². The third kappa shape index (κ3) is 4.00. The summed E-state index contributed by atoms with van der Waals surface area (Å²) in [5.41, 5.74) is 0.586. The Labute approximate surface area is 135 Å². The molecule has 0 bridgehead atoms. The number of hydrogen-bond donors (Lipinski definition) is 0. The standard InChI is InChI=1S/C17H23BrO3/c1-4-20-16-9-13(10-19)8-15(18)17(16)21-14-6-5-11(2)12(3)7-14/h8-12,14H,4-7H2,1-3H3. The Hall–Kier alpha value is -1.03. The smallest absolute Gasteiger partial charge is 0.175 e. The maximum atomic E-state index is 11.0. The van der Waals surface area contributed by atoms with E-state index in [-0.39, 0.29) is 6.10 Å². The molecular weight excluding hydrogens is 332 g/mol. The summed E-state index contributed by atoms with van der Waals surface area (Å²) in [6.45, 7) is 7.06. The fourth-order valence-electron chi connectivity index (χ4n) is 2.81. The van der Waals surface area contributed by atoms with Crippen LogP contribution in [-0.2, 0) is 0 Å². The number of benzene rings is 1. The van der Waals surface area contributed by atoms with Crippen molar-refractivity contribution in [1.82, 2.24) is 0 Å². The van der Waals surface area contributed by atoms with E-state index in [1.807, 2.05) is 6.92 Å². The Bertz CT molecular complexity index is 501. The molecule has 0 saturated heterocycles. The molecule has 0 heterocycles. The highest BCUT2D eigenvalue weighted by molar-refractivity contribution is 9.10. The SMILES string of the molecule is CCOc1cc(C=O)cc(Br)c1OC1CCC(C)C(C)C1. The first-order valence-corrected chi connectivity index (χ1v) is 8.42. The maximum absolute atomic E-state index is 11.0. The average Bonchev–Trinajstić information content (AvgIpc) is 2.46. The molecule has 2 rings (SSSR count). The van der Waals surface area contributed by atoms with Crippen LogP contribution in [0.15, 0.2) is 16.6 Å². The normalized spacial score (nSPS) is 25.4. The van der Waals surface area contributed by atoms with Gasteiger partial charge in [0.05, 0.1) is 17.2 Å². The van der Waals surface area contributed by atoms with Crippen LogP contribution in [0, 0.1) is 11.8 Å². The summed E-state index contributed by atoms with van der Waals surface area (Å²) < 4.78 is 12.6. The van der Waals surface area contributed by atoms with Gasteiger partial charge in [0.25, 0.3) is 0 Å². The molecule has 0 N–H and O–H groups in total. The van der Waals surface area contributed by atoms with Crippen molar-refractivity contribution in [3.8, 4) is 11.5 Å². The van der Waals surface area contributed by atoms with Gasteiger partial charge in [0.15, 0.2) is 11.5 Å². The minimum Gasteiger partial charge on any atom is -0.490 e. The number of carbonyl (C=O) groups is 1. The summed E-state index contributed by atoms with van der Waals surface area (Å²) in [6.07, 6.45) is 4.36. The highest BCUT2D eigenvalue weighted by Crippen LogP contribution is 2.40. The van der Waals surface area contributed by atoms with E-state index in [2.05, 4.69) is 29.8 Å². The fraction of sp³-hybridized carbons (Fsp3) is 0.588. The number of halogens is 1. The van der Waals surface area contributed by atoms with Crippen LogP contribution >= 0.6 is 15.9 Å². The Morgan fingerprint density at radius 3 is 2.67 bits per heavy atom. The Kier molecular flexibility index (Phi) is 5.68. The first-order chi connectivity index (χ1) is 10.0. The van der Waals surface area contributed by atoms with Gasteiger partial charge in [0.2, 0.25) is 0 Å². The van der Waals surface area contributed by atoms with E-state index in [0.29, 0.717) is 29.6 Å². The van der Waals surface area contributed by atoms with E-state index in [1.54, 1.807) is 12.1 Å². The Morgan fingerprint density at radius 1 is 1.29 bits per heavy atom. The molecule has 0 aromatic heterocycles. The molecule has 1 saturated carbocycles. The molecule has 21 heavy (non-hydrogen) atoms. The summed E-state index contributed by atoms with van der Waals surface area (Å²) in [4.78, 5) is 11.0. The van der Waals surface area contributed by atoms with E-state index in [4.69, 9.17) is 9.47 Å². The topological polar surface area (TPSA) is 35.5 Å². The van der Waals surface area contributed by atoms with Crippen LogP contribution in [-0.4, -0.2) is 19.0 Å². The van der Waals surface area contributed by atoms with E-state index in [9.17, 15) is 4.79 Å². The lowest BCUT2D eigenvalue weighted by molar-refractivity contribution is 0.0961. The number of aldehydes is 1. The molecule has 0 amide bonds. The van der Waals surface area contributed by atoms with Crippen molar-refractivity contribution in [2.24, 2.45) is 11.8 Å². The molecular formula is C17H23BrO3. The van der Waals surface area contributed by atoms with Gasteiger partial charge in [-0.1, -0.05) is 13.8 Å². The molecule has 3 nitrogen and oxygen atoms in total. The van der Waals surface area contributed by atoms with Crippen molar-refractivity contribution in [3.05, 3.63) is 22.2 Å². The zero-order valence-electron chi connectivity index (χ0n) is 12.9. The lowest BCUT2D eigenvalue weighted by atomic mass is 9.80. The van der Waals surface area contributed by atoms with Crippen LogP contribution in [0.4, 0.5) is 0 Å². The van der Waals surface area contributed by atoms with E-state index < -0.39 is 0 Å². The summed E-state index contributed by atoms with van der Waals surface area (Å²) in [5, 5.41) is 0. The highest BCUT2D eigenvalue weighted by Gasteiger charge is 2.27. The van der Waals surface area contributed by atoms with Gasteiger partial charge in [0, 0.05) is 5.56 Å². The fourth-order valence-corrected chi connectivity index (χ4v) is 3.36. The first-order valence-electron chi connectivity index (χ1n) is 7.63. The monoisotopic (exact) mass is 354 g/mol. The molecule has 0 radical (unpaired) electrons. The molecule has 1 aromatic rings. The molecule has 1 aliphatic carbocycles. The molecule has 4 heteroatoms. The Balaban J connectivity index is 2.20. The van der Waals surface area contributed by atoms with Crippen LogP contribution in [0.25, 0.3) is 0 Å². The van der Waals surface area contributed by atoms with Gasteiger partial charge in [-0.05, 0) is 66.1 Å². The van der Waals surface area contributed by atoms with Gasteiger partial charge in [0.1, 0.15) is 6.29 Å². The summed E-state index contributed by atoms with van der Waals surface area (Å²) in [7, 11) is 0. The van der Waals surface area contributed by atoms with E-state index in [0.717, 1.165) is 29.5 Å². The molecule has 0 spiro atoms. The van der Waals surface area contributed by atoms with Crippen LogP contribution in [0.1, 0.15) is 50.4 Å². The zero-order chi connectivity index (χ0) is 15.4. The van der Waals surface area contributed by atoms with Crippen molar-refractivity contribution in [2.45, 2.75) is 46.1 Å². The predicted molar refractivity (Wildman–Crippen MR) is 87.3 cm³/mol. The van der Waals surface area contributed by atoms with Gasteiger partial charge in [-0.3, -0.25) is 4.79 Å². The lowest BCUT2D eigenvalue weighted by Gasteiger charge is -2.32. The Morgan fingerprint density at radius 2 is 2.05 bits per heavy atom. The van der Waals surface area contributed by atoms with Crippen LogP contribution in [0.2, 0.25) is 0 Å². The van der Waals surface area contributed by atoms with Gasteiger partial charge in [-0.15, -0.1) is 0 Å². The van der Waals surface area contributed by atoms with Crippen LogP contribution < -0.4 is 9.47 Å². The lowest BCUT2D eigenvalue weighted by Crippen LogP contribution is -2.29. The second-order valence-corrected chi connectivity index (χ2v) is 6.74. The largest absolute Gasteiger partial charge is 0.490 e. The third-order valence-corrected chi connectivity index (χ3v) is 4.89. The molecule has 3 atom stereocenters. The summed E-state index contributed by atoms with van der Waals surface area (Å²) in [6, 6.07) is 3.52. The number of rotatable bonds is 5. The predicted octanol–water partition coefficient (Wildman–Crippen LogP) is 4.86. The van der Waals surface area contributed by atoms with Crippen molar-refractivity contribution >= 4 is 22.2 Å². The van der Waals surface area contributed by atoms with Crippen molar-refractivity contribution in [1.29, 1.82) is 0 Å². The number of hydrogen-bond acceptors (Lipinski definition) is 3. The molecule has 1 aromatic carbocycles. The van der Waals surface area contributed by atoms with Crippen molar-refractivity contribution < 1.29 is 14.3 Å². The van der Waals surface area contributed by atoms with Crippen molar-refractivity contribution in [2.75, 3.05) is 6.61 Å². The quantitative estimate of drug-likeness (QED) is 0.708. The maximum Gasteiger partial charge on any atom is 0.175 e. The number of carbonyl (C=O) groups excluding carboxylic acids is 1. The first kappa shape index (κ1) is 16.3. The molecule has 0 aliphatic heterocycles.